The molecule has 4 rings (SSSR count). The minimum atomic E-state index is -0.435. The Bertz CT molecular complexity index is 1120. The Morgan fingerprint density at radius 1 is 0.971 bits per heavy atom. The molecule has 2 aromatic heterocycles. The molecule has 1 aromatic carbocycles. The number of nitrogens with zero attached hydrogens (tertiary/aromatic N) is 2. The molecule has 3 aromatic rings. The van der Waals surface area contributed by atoms with Gasteiger partial charge in [-0.25, -0.2) is 4.79 Å². The molecule has 2 heterocycles. The lowest BCUT2D eigenvalue weighted by molar-refractivity contribution is -0.685. The van der Waals surface area contributed by atoms with Crippen molar-refractivity contribution in [2.75, 3.05) is 6.61 Å². The fraction of sp³-hybridized carbons (Fsp3) is 0.214. The molecule has 184 valence electrons. The van der Waals surface area contributed by atoms with Crippen LogP contribution in [0.1, 0.15) is 25.8 Å². The quantitative estimate of drug-likeness (QED) is 0.344. The van der Waals surface area contributed by atoms with Gasteiger partial charge in [0.15, 0.2) is 12.4 Å². The molecule has 1 aliphatic carbocycles. The normalized spacial score (nSPS) is 15.5. The molecule has 35 heavy (non-hydrogen) atoms. The fourth-order valence-electron chi connectivity index (χ4n) is 3.69. The summed E-state index contributed by atoms with van der Waals surface area (Å²) >= 11 is 0. The number of allylic oxidation sites excluding steroid dienone is 4. The smallest absolute Gasteiger partial charge is 0.372 e. The van der Waals surface area contributed by atoms with Crippen LogP contribution in [0.5, 0.6) is 0 Å². The third-order valence-corrected chi connectivity index (χ3v) is 5.51. The summed E-state index contributed by atoms with van der Waals surface area (Å²) in [4.78, 5) is 27.1. The predicted molar refractivity (Wildman–Crippen MR) is 135 cm³/mol. The van der Waals surface area contributed by atoms with Crippen molar-refractivity contribution in [1.29, 1.82) is 0 Å². The summed E-state index contributed by atoms with van der Waals surface area (Å²) in [6.07, 6.45) is 16.0. The van der Waals surface area contributed by atoms with Crippen LogP contribution in [0.4, 0.5) is 0 Å². The SMILES string of the molecule is CC(=O)C1(c2ccccc2)C=CC=CC1.CCOC(=O)C[n+]1ccc(-c2ccncc2)cc1.Cl.[Br-]. The molecule has 0 saturated carbocycles. The summed E-state index contributed by atoms with van der Waals surface area (Å²) in [5.74, 6) is -0.0199. The molecule has 0 saturated heterocycles. The van der Waals surface area contributed by atoms with E-state index in [0.717, 1.165) is 23.1 Å². The topological polar surface area (TPSA) is 60.1 Å². The Balaban J connectivity index is 0.000000336. The van der Waals surface area contributed by atoms with E-state index in [-0.39, 0.29) is 47.7 Å². The first-order valence-electron chi connectivity index (χ1n) is 11.0. The second-order valence-electron chi connectivity index (χ2n) is 7.69. The number of hydrogen-bond acceptors (Lipinski definition) is 4. The Morgan fingerprint density at radius 3 is 2.14 bits per heavy atom. The number of aromatic nitrogens is 2. The van der Waals surface area contributed by atoms with Crippen molar-refractivity contribution in [1.82, 2.24) is 4.98 Å². The molecular formula is C28H30BrClN2O3. The van der Waals surface area contributed by atoms with E-state index >= 15 is 0 Å². The first kappa shape index (κ1) is 29.9. The van der Waals surface area contributed by atoms with E-state index in [4.69, 9.17) is 4.74 Å². The molecule has 0 fully saturated rings. The molecule has 0 N–H and O–H groups in total. The zero-order chi connectivity index (χ0) is 23.5. The summed E-state index contributed by atoms with van der Waals surface area (Å²) in [7, 11) is 0. The molecule has 7 heteroatoms. The number of pyridine rings is 2. The van der Waals surface area contributed by atoms with Crippen molar-refractivity contribution in [3.8, 4) is 11.1 Å². The molecule has 0 radical (unpaired) electrons. The average molecular weight is 558 g/mol. The summed E-state index contributed by atoms with van der Waals surface area (Å²) in [5.41, 5.74) is 2.85. The number of ether oxygens (including phenoxy) is 1. The second-order valence-corrected chi connectivity index (χ2v) is 7.69. The highest BCUT2D eigenvalue weighted by molar-refractivity contribution is 5.91. The van der Waals surface area contributed by atoms with Crippen molar-refractivity contribution >= 4 is 24.2 Å². The minimum Gasteiger partial charge on any atom is -1.00 e. The number of halogens is 2. The number of hydrogen-bond donors (Lipinski definition) is 0. The molecule has 0 amide bonds. The molecule has 0 bridgehead atoms. The lowest BCUT2D eigenvalue weighted by Crippen LogP contribution is -3.00. The third-order valence-electron chi connectivity index (χ3n) is 5.51. The molecule has 1 unspecified atom stereocenters. The summed E-state index contributed by atoms with van der Waals surface area (Å²) in [5, 5.41) is 0. The average Bonchev–Trinajstić information content (AvgIpc) is 2.86. The number of esters is 1. The highest BCUT2D eigenvalue weighted by Gasteiger charge is 2.34. The van der Waals surface area contributed by atoms with Crippen molar-refractivity contribution < 1.29 is 35.9 Å². The summed E-state index contributed by atoms with van der Waals surface area (Å²) in [6.45, 7) is 4.12. The van der Waals surface area contributed by atoms with Crippen LogP contribution in [0, 0.1) is 0 Å². The van der Waals surface area contributed by atoms with E-state index in [1.165, 1.54) is 0 Å². The van der Waals surface area contributed by atoms with Crippen LogP contribution in [0.2, 0.25) is 0 Å². The van der Waals surface area contributed by atoms with Gasteiger partial charge in [0, 0.05) is 24.5 Å². The van der Waals surface area contributed by atoms with E-state index in [9.17, 15) is 9.59 Å². The van der Waals surface area contributed by atoms with E-state index in [1.54, 1.807) is 30.8 Å². The number of carbonyl (C=O) groups is 2. The van der Waals surface area contributed by atoms with Gasteiger partial charge >= 0.3 is 5.97 Å². The monoisotopic (exact) mass is 556 g/mol. The van der Waals surface area contributed by atoms with Gasteiger partial charge in [0.05, 0.1) is 12.0 Å². The Kier molecular flexibility index (Phi) is 12.8. The highest BCUT2D eigenvalue weighted by atomic mass is 79.9. The minimum absolute atomic E-state index is 0. The van der Waals surface area contributed by atoms with Crippen molar-refractivity contribution in [3.63, 3.8) is 0 Å². The Labute approximate surface area is 223 Å². The Hall–Kier alpha value is -3.09. The van der Waals surface area contributed by atoms with E-state index in [2.05, 4.69) is 11.1 Å². The largest absolute Gasteiger partial charge is 1.00 e. The first-order valence-corrected chi connectivity index (χ1v) is 11.0. The zero-order valence-electron chi connectivity index (χ0n) is 19.8. The van der Waals surface area contributed by atoms with Crippen LogP contribution >= 0.6 is 12.4 Å². The Morgan fingerprint density at radius 2 is 1.60 bits per heavy atom. The van der Waals surface area contributed by atoms with Gasteiger partial charge in [-0.2, -0.15) is 4.57 Å². The van der Waals surface area contributed by atoms with Crippen LogP contribution in [-0.2, 0) is 26.3 Å². The molecule has 1 aliphatic rings. The van der Waals surface area contributed by atoms with Crippen molar-refractivity contribution in [3.05, 3.63) is 109 Å². The lowest BCUT2D eigenvalue weighted by atomic mass is 9.73. The summed E-state index contributed by atoms with van der Waals surface area (Å²) in [6, 6.07) is 17.8. The van der Waals surface area contributed by atoms with Crippen LogP contribution in [-0.4, -0.2) is 23.3 Å². The van der Waals surface area contributed by atoms with Crippen molar-refractivity contribution in [2.45, 2.75) is 32.2 Å². The third kappa shape index (κ3) is 8.26. The van der Waals surface area contributed by atoms with Gasteiger partial charge in [0.25, 0.3) is 0 Å². The number of ketones is 1. The van der Waals surface area contributed by atoms with Gasteiger partial charge in [0.2, 0.25) is 6.54 Å². The van der Waals surface area contributed by atoms with E-state index in [0.29, 0.717) is 6.61 Å². The first-order chi connectivity index (χ1) is 16.0. The van der Waals surface area contributed by atoms with Crippen LogP contribution in [0.3, 0.4) is 0 Å². The van der Waals surface area contributed by atoms with Crippen LogP contribution in [0.15, 0.2) is 104 Å². The van der Waals surface area contributed by atoms with Gasteiger partial charge in [0.1, 0.15) is 5.78 Å². The van der Waals surface area contributed by atoms with E-state index in [1.807, 2.05) is 85.2 Å². The van der Waals surface area contributed by atoms with Gasteiger partial charge < -0.3 is 21.7 Å². The number of rotatable bonds is 6. The van der Waals surface area contributed by atoms with Crippen LogP contribution in [0.25, 0.3) is 11.1 Å². The van der Waals surface area contributed by atoms with Crippen LogP contribution < -0.4 is 21.5 Å². The molecule has 5 nitrogen and oxygen atoms in total. The van der Waals surface area contributed by atoms with Crippen molar-refractivity contribution in [2.24, 2.45) is 0 Å². The number of benzene rings is 1. The van der Waals surface area contributed by atoms with Gasteiger partial charge in [-0.05, 0) is 49.1 Å². The summed E-state index contributed by atoms with van der Waals surface area (Å²) < 4.78 is 6.69. The molecular weight excluding hydrogens is 528 g/mol. The maximum Gasteiger partial charge on any atom is 0.372 e. The van der Waals surface area contributed by atoms with Gasteiger partial charge in [-0.15, -0.1) is 12.4 Å². The highest BCUT2D eigenvalue weighted by Crippen LogP contribution is 2.33. The van der Waals surface area contributed by atoms with Gasteiger partial charge in [-0.1, -0.05) is 54.6 Å². The molecule has 0 aliphatic heterocycles. The number of carbonyl (C=O) groups excluding carboxylic acids is 2. The zero-order valence-corrected chi connectivity index (χ0v) is 22.2. The molecule has 1 atom stereocenters. The maximum atomic E-state index is 11.8. The second kappa shape index (κ2) is 15.0. The standard InChI is InChI=1S/C14H15N2O2.C14H14O.BrH.ClH/c1-2-18-14(17)11-16-9-5-13(6-10-16)12-3-7-15-8-4-12;1-12(15)14(10-6-3-7-11-14)13-8-4-2-5-9-13;;/h3-10H,2,11H2,1H3;2-10H,11H2,1H3;2*1H/q+1;;;/p-1. The predicted octanol–water partition coefficient (Wildman–Crippen LogP) is 2.05. The lowest BCUT2D eigenvalue weighted by Gasteiger charge is -2.28. The number of Topliss-reactive ketones (excluding diaryl/α,β-unsaturated/α-hetero) is 1. The fourth-order valence-corrected chi connectivity index (χ4v) is 3.69. The molecule has 0 spiro atoms. The van der Waals surface area contributed by atoms with E-state index < -0.39 is 5.41 Å². The maximum absolute atomic E-state index is 11.8. The van der Waals surface area contributed by atoms with Gasteiger partial charge in [-0.3, -0.25) is 9.78 Å².